The van der Waals surface area contributed by atoms with Crippen molar-refractivity contribution in [1.82, 2.24) is 4.98 Å². The van der Waals surface area contributed by atoms with E-state index in [1.54, 1.807) is 6.07 Å². The molecular weight excluding hydrogens is 229 g/mol. The van der Waals surface area contributed by atoms with E-state index in [-0.39, 0.29) is 11.2 Å². The second-order valence-corrected chi connectivity index (χ2v) is 5.07. The lowest BCUT2D eigenvalue weighted by atomic mass is 9.86. The number of rotatable bonds is 4. The van der Waals surface area contributed by atoms with Gasteiger partial charge in [-0.15, -0.1) is 0 Å². The van der Waals surface area contributed by atoms with Crippen LogP contribution in [0.3, 0.4) is 0 Å². The Morgan fingerprint density at radius 3 is 2.78 bits per heavy atom. The Morgan fingerprint density at radius 2 is 2.11 bits per heavy atom. The molecule has 96 valence electrons. The molecule has 18 heavy (non-hydrogen) atoms. The van der Waals surface area contributed by atoms with Crippen molar-refractivity contribution in [2.24, 2.45) is 0 Å². The Hall–Kier alpha value is -1.97. The van der Waals surface area contributed by atoms with Crippen LogP contribution < -0.4 is 11.1 Å². The Bertz CT molecular complexity index is 518. The van der Waals surface area contributed by atoms with Crippen molar-refractivity contribution in [2.75, 3.05) is 17.6 Å². The van der Waals surface area contributed by atoms with Gasteiger partial charge >= 0.3 is 0 Å². The number of H-pyrrole nitrogens is 1. The number of nitrogens with two attached hydrogens (primary N) is 1. The summed E-state index contributed by atoms with van der Waals surface area (Å²) in [5.74, 6) is -0.286. The van der Waals surface area contributed by atoms with E-state index in [2.05, 4.69) is 24.1 Å². The number of aromatic nitrogens is 1. The molecule has 0 spiro atoms. The van der Waals surface area contributed by atoms with Crippen LogP contribution in [0.25, 0.3) is 0 Å². The zero-order chi connectivity index (χ0) is 13.2. The minimum Gasteiger partial charge on any atom is -0.397 e. The van der Waals surface area contributed by atoms with Gasteiger partial charge in [-0.25, -0.2) is 4.39 Å². The van der Waals surface area contributed by atoms with Crippen molar-refractivity contribution in [3.8, 4) is 0 Å². The van der Waals surface area contributed by atoms with Crippen molar-refractivity contribution in [3.05, 3.63) is 48.0 Å². The van der Waals surface area contributed by atoms with Gasteiger partial charge in [-0.3, -0.25) is 0 Å². The standard InChI is InChI=1S/C14H18FN3/c1-14(2,10-5-6-17-8-10)9-18-13-7-11(15)3-4-12(13)16/h3-8,17-18H,9,16H2,1-2H3. The van der Waals surface area contributed by atoms with E-state index in [0.717, 1.165) is 0 Å². The summed E-state index contributed by atoms with van der Waals surface area (Å²) in [6, 6.07) is 6.39. The molecule has 2 aromatic rings. The molecule has 0 atom stereocenters. The first-order chi connectivity index (χ1) is 8.49. The fourth-order valence-corrected chi connectivity index (χ4v) is 1.84. The quantitative estimate of drug-likeness (QED) is 0.727. The van der Waals surface area contributed by atoms with Crippen molar-refractivity contribution in [2.45, 2.75) is 19.3 Å². The third kappa shape index (κ3) is 2.64. The average Bonchev–Trinajstić information content (AvgIpc) is 2.85. The highest BCUT2D eigenvalue weighted by Gasteiger charge is 2.21. The van der Waals surface area contributed by atoms with Gasteiger partial charge in [-0.1, -0.05) is 13.8 Å². The molecule has 1 heterocycles. The summed E-state index contributed by atoms with van der Waals surface area (Å²) in [5, 5.41) is 3.20. The summed E-state index contributed by atoms with van der Waals surface area (Å²) in [4.78, 5) is 3.04. The molecule has 4 heteroatoms. The number of halogens is 1. The van der Waals surface area contributed by atoms with Gasteiger partial charge in [-0.05, 0) is 29.8 Å². The lowest BCUT2D eigenvalue weighted by Crippen LogP contribution is -2.27. The second kappa shape index (κ2) is 4.72. The Labute approximate surface area is 106 Å². The first-order valence-corrected chi connectivity index (χ1v) is 5.91. The van der Waals surface area contributed by atoms with Gasteiger partial charge in [0.25, 0.3) is 0 Å². The topological polar surface area (TPSA) is 53.8 Å². The van der Waals surface area contributed by atoms with Crippen molar-refractivity contribution >= 4 is 11.4 Å². The lowest BCUT2D eigenvalue weighted by Gasteiger charge is -2.25. The van der Waals surface area contributed by atoms with Crippen LogP contribution in [0.4, 0.5) is 15.8 Å². The number of hydrogen-bond acceptors (Lipinski definition) is 2. The van der Waals surface area contributed by atoms with Gasteiger partial charge in [-0.2, -0.15) is 0 Å². The molecule has 4 N–H and O–H groups in total. The Kier molecular flexibility index (Phi) is 3.28. The first-order valence-electron chi connectivity index (χ1n) is 5.91. The van der Waals surface area contributed by atoms with E-state index in [9.17, 15) is 4.39 Å². The predicted octanol–water partition coefficient (Wildman–Crippen LogP) is 3.13. The first kappa shape index (κ1) is 12.5. The number of nitrogens with one attached hydrogen (secondary N) is 2. The van der Waals surface area contributed by atoms with Gasteiger partial charge in [0.1, 0.15) is 5.82 Å². The third-order valence-corrected chi connectivity index (χ3v) is 3.12. The summed E-state index contributed by atoms with van der Waals surface area (Å²) in [7, 11) is 0. The Morgan fingerprint density at radius 1 is 1.33 bits per heavy atom. The van der Waals surface area contributed by atoms with E-state index >= 15 is 0 Å². The molecule has 0 radical (unpaired) electrons. The van der Waals surface area contributed by atoms with Crippen LogP contribution in [0.5, 0.6) is 0 Å². The number of benzene rings is 1. The second-order valence-electron chi connectivity index (χ2n) is 5.07. The lowest BCUT2D eigenvalue weighted by molar-refractivity contribution is 0.557. The van der Waals surface area contributed by atoms with Crippen LogP contribution in [0, 0.1) is 5.82 Å². The van der Waals surface area contributed by atoms with E-state index in [1.165, 1.54) is 17.7 Å². The highest BCUT2D eigenvalue weighted by molar-refractivity contribution is 5.66. The van der Waals surface area contributed by atoms with E-state index in [4.69, 9.17) is 5.73 Å². The van der Waals surface area contributed by atoms with Gasteiger partial charge in [0, 0.05) is 24.4 Å². The zero-order valence-electron chi connectivity index (χ0n) is 10.6. The van der Waals surface area contributed by atoms with E-state index in [1.807, 2.05) is 18.5 Å². The SMILES string of the molecule is CC(C)(CNc1cc(F)ccc1N)c1cc[nH]c1. The smallest absolute Gasteiger partial charge is 0.125 e. The molecule has 0 bridgehead atoms. The van der Waals surface area contributed by atoms with Crippen molar-refractivity contribution in [1.29, 1.82) is 0 Å². The molecule has 0 aliphatic carbocycles. The van der Waals surface area contributed by atoms with Crippen LogP contribution >= 0.6 is 0 Å². The number of aromatic amines is 1. The molecule has 0 saturated heterocycles. The van der Waals surface area contributed by atoms with Gasteiger partial charge in [0.2, 0.25) is 0 Å². The van der Waals surface area contributed by atoms with Crippen LogP contribution in [0.15, 0.2) is 36.7 Å². The summed E-state index contributed by atoms with van der Waals surface area (Å²) < 4.78 is 13.1. The molecule has 1 aromatic heterocycles. The summed E-state index contributed by atoms with van der Waals surface area (Å²) in [6.07, 6.45) is 3.87. The van der Waals surface area contributed by atoms with E-state index < -0.39 is 0 Å². The molecule has 0 fully saturated rings. The Balaban J connectivity index is 2.09. The van der Waals surface area contributed by atoms with Crippen LogP contribution in [-0.2, 0) is 5.41 Å². The van der Waals surface area contributed by atoms with Crippen LogP contribution in [0.2, 0.25) is 0 Å². The molecule has 2 rings (SSSR count). The maximum Gasteiger partial charge on any atom is 0.125 e. The molecule has 3 nitrogen and oxygen atoms in total. The molecular formula is C14H18FN3. The minimum atomic E-state index is -0.286. The van der Waals surface area contributed by atoms with Gasteiger partial charge in [0.05, 0.1) is 11.4 Å². The maximum atomic E-state index is 13.1. The highest BCUT2D eigenvalue weighted by atomic mass is 19.1. The number of anilines is 2. The normalized spacial score (nSPS) is 11.5. The summed E-state index contributed by atoms with van der Waals surface area (Å²) in [6.45, 7) is 4.93. The molecule has 0 aliphatic rings. The zero-order valence-corrected chi connectivity index (χ0v) is 10.6. The fraction of sp³-hybridized carbons (Fsp3) is 0.286. The van der Waals surface area contributed by atoms with Crippen molar-refractivity contribution in [3.63, 3.8) is 0 Å². The molecule has 0 aliphatic heterocycles. The van der Waals surface area contributed by atoms with E-state index in [0.29, 0.717) is 17.9 Å². The van der Waals surface area contributed by atoms with Gasteiger partial charge < -0.3 is 16.0 Å². The minimum absolute atomic E-state index is 0.0568. The maximum absolute atomic E-state index is 13.1. The van der Waals surface area contributed by atoms with Crippen LogP contribution in [-0.4, -0.2) is 11.5 Å². The largest absolute Gasteiger partial charge is 0.397 e. The molecule has 0 unspecified atom stereocenters. The summed E-state index contributed by atoms with van der Waals surface area (Å²) in [5.41, 5.74) is 8.14. The molecule has 1 aromatic carbocycles. The molecule has 0 saturated carbocycles. The average molecular weight is 247 g/mol. The third-order valence-electron chi connectivity index (χ3n) is 3.12. The highest BCUT2D eigenvalue weighted by Crippen LogP contribution is 2.25. The molecule has 0 amide bonds. The summed E-state index contributed by atoms with van der Waals surface area (Å²) >= 11 is 0. The fourth-order valence-electron chi connectivity index (χ4n) is 1.84. The predicted molar refractivity (Wildman–Crippen MR) is 73.1 cm³/mol. The number of hydrogen-bond donors (Lipinski definition) is 3. The number of nitrogen functional groups attached to an aromatic ring is 1. The van der Waals surface area contributed by atoms with Crippen LogP contribution in [0.1, 0.15) is 19.4 Å². The van der Waals surface area contributed by atoms with Gasteiger partial charge in [0.15, 0.2) is 0 Å². The van der Waals surface area contributed by atoms with Crippen molar-refractivity contribution < 1.29 is 4.39 Å². The monoisotopic (exact) mass is 247 g/mol.